The van der Waals surface area contributed by atoms with E-state index in [2.05, 4.69) is 6.07 Å². The zero-order valence-corrected chi connectivity index (χ0v) is 9.58. The molecule has 0 aliphatic heterocycles. The molecular weight excluding hydrogens is 224 g/mol. The number of fused-ring (bicyclic) bond motifs is 1. The van der Waals surface area contributed by atoms with Crippen molar-refractivity contribution in [2.24, 2.45) is 0 Å². The number of methoxy groups -OCH3 is 1. The summed E-state index contributed by atoms with van der Waals surface area (Å²) in [7, 11) is 1.36. The Bertz CT molecular complexity index is 562. The van der Waals surface area contributed by atoms with E-state index >= 15 is 0 Å². The molecule has 0 aromatic carbocycles. The van der Waals surface area contributed by atoms with Gasteiger partial charge < -0.3 is 9.30 Å². The second kappa shape index (κ2) is 4.37. The Morgan fingerprint density at radius 2 is 2.50 bits per heavy atom. The molecule has 5 heteroatoms. The Hall–Kier alpha value is -1.80. The van der Waals surface area contributed by atoms with Crippen molar-refractivity contribution < 1.29 is 9.53 Å². The van der Waals surface area contributed by atoms with Gasteiger partial charge in [0.2, 0.25) is 0 Å². The van der Waals surface area contributed by atoms with Crippen LogP contribution >= 0.6 is 11.3 Å². The van der Waals surface area contributed by atoms with Gasteiger partial charge in [0.05, 0.1) is 29.8 Å². The fourth-order valence-corrected chi connectivity index (χ4v) is 2.48. The van der Waals surface area contributed by atoms with Crippen LogP contribution in [0.4, 0.5) is 0 Å². The second-order valence-electron chi connectivity index (χ2n) is 3.25. The fourth-order valence-electron chi connectivity index (χ4n) is 1.65. The van der Waals surface area contributed by atoms with Crippen LogP contribution in [0.15, 0.2) is 17.5 Å². The summed E-state index contributed by atoms with van der Waals surface area (Å²) in [6, 6.07) is 5.83. The van der Waals surface area contributed by atoms with Crippen molar-refractivity contribution in [1.82, 2.24) is 4.57 Å². The summed E-state index contributed by atoms with van der Waals surface area (Å²) in [5.41, 5.74) is 1.50. The minimum atomic E-state index is -0.360. The summed E-state index contributed by atoms with van der Waals surface area (Å²) < 4.78 is 7.59. The first-order valence-corrected chi connectivity index (χ1v) is 5.68. The molecule has 82 valence electrons. The molecule has 0 fully saturated rings. The average Bonchev–Trinajstić information content (AvgIpc) is 2.85. The normalized spacial score (nSPS) is 10.2. The Morgan fingerprint density at radius 3 is 3.19 bits per heavy atom. The molecule has 0 spiro atoms. The highest BCUT2D eigenvalue weighted by Gasteiger charge is 2.16. The number of nitrogens with zero attached hydrogens (tertiary/aromatic N) is 2. The van der Waals surface area contributed by atoms with Crippen molar-refractivity contribution >= 4 is 27.5 Å². The summed E-state index contributed by atoms with van der Waals surface area (Å²) in [5.74, 6) is -0.360. The van der Waals surface area contributed by atoms with E-state index in [0.29, 0.717) is 18.7 Å². The number of aryl methyl sites for hydroxylation is 1. The van der Waals surface area contributed by atoms with Gasteiger partial charge in [-0.15, -0.1) is 11.3 Å². The maximum atomic E-state index is 11.5. The number of nitriles is 1. The monoisotopic (exact) mass is 234 g/mol. The van der Waals surface area contributed by atoms with Crippen LogP contribution in [0.25, 0.3) is 10.2 Å². The third kappa shape index (κ3) is 1.68. The molecule has 0 amide bonds. The summed E-state index contributed by atoms with van der Waals surface area (Å²) >= 11 is 1.57. The smallest absolute Gasteiger partial charge is 0.354 e. The van der Waals surface area contributed by atoms with E-state index in [1.165, 1.54) is 7.11 Å². The molecule has 4 nitrogen and oxygen atoms in total. The number of aromatic nitrogens is 1. The Labute approximate surface area is 96.7 Å². The number of hydrogen-bond acceptors (Lipinski definition) is 4. The van der Waals surface area contributed by atoms with E-state index in [-0.39, 0.29) is 5.97 Å². The zero-order chi connectivity index (χ0) is 11.5. The molecule has 0 aliphatic carbocycles. The van der Waals surface area contributed by atoms with Gasteiger partial charge in [-0.3, -0.25) is 0 Å². The minimum Gasteiger partial charge on any atom is -0.464 e. The number of rotatable bonds is 3. The second-order valence-corrected chi connectivity index (χ2v) is 4.20. The van der Waals surface area contributed by atoms with E-state index in [1.54, 1.807) is 11.3 Å². The van der Waals surface area contributed by atoms with Crippen LogP contribution in [0.1, 0.15) is 16.9 Å². The van der Waals surface area contributed by atoms with Crippen molar-refractivity contribution in [2.75, 3.05) is 7.11 Å². The highest BCUT2D eigenvalue weighted by atomic mass is 32.1. The summed E-state index contributed by atoms with van der Waals surface area (Å²) in [6.07, 6.45) is 0.379. The fraction of sp³-hybridized carbons (Fsp3) is 0.273. The first-order chi connectivity index (χ1) is 7.77. The number of ether oxygens (including phenoxy) is 1. The average molecular weight is 234 g/mol. The molecule has 16 heavy (non-hydrogen) atoms. The maximum absolute atomic E-state index is 11.5. The standard InChI is InChI=1S/C11H10N2O2S/c1-15-11(14)9-7-10-8(3-6-16-10)13(9)5-2-4-12/h3,6-7H,2,5H2,1H3. The van der Waals surface area contributed by atoms with Gasteiger partial charge in [-0.1, -0.05) is 0 Å². The Balaban J connectivity index is 2.50. The molecule has 0 saturated carbocycles. The number of carbonyl (C=O) groups excluding carboxylic acids is 1. The highest BCUT2D eigenvalue weighted by Crippen LogP contribution is 2.25. The minimum absolute atomic E-state index is 0.360. The van der Waals surface area contributed by atoms with E-state index in [0.717, 1.165) is 10.2 Å². The molecule has 0 bridgehead atoms. The first-order valence-electron chi connectivity index (χ1n) is 4.80. The molecule has 0 saturated heterocycles. The molecular formula is C11H10N2O2S. The van der Waals surface area contributed by atoms with E-state index in [9.17, 15) is 4.79 Å². The lowest BCUT2D eigenvalue weighted by atomic mass is 10.4. The summed E-state index contributed by atoms with van der Waals surface area (Å²) in [5, 5.41) is 10.6. The Morgan fingerprint density at radius 1 is 1.69 bits per heavy atom. The van der Waals surface area contributed by atoms with Crippen LogP contribution in [0.2, 0.25) is 0 Å². The quantitative estimate of drug-likeness (QED) is 0.766. The van der Waals surface area contributed by atoms with E-state index in [4.69, 9.17) is 10.00 Å². The van der Waals surface area contributed by atoms with Gasteiger partial charge in [0, 0.05) is 6.54 Å². The SMILES string of the molecule is COC(=O)c1cc2sccc2n1CCC#N. The Kier molecular flexibility index (Phi) is 2.93. The van der Waals surface area contributed by atoms with Gasteiger partial charge in [0.1, 0.15) is 5.69 Å². The topological polar surface area (TPSA) is 55.0 Å². The number of hydrogen-bond donors (Lipinski definition) is 0. The largest absolute Gasteiger partial charge is 0.464 e. The lowest BCUT2D eigenvalue weighted by Gasteiger charge is -2.05. The maximum Gasteiger partial charge on any atom is 0.354 e. The molecule has 0 N–H and O–H groups in total. The molecule has 0 radical (unpaired) electrons. The van der Waals surface area contributed by atoms with Gasteiger partial charge in [0.25, 0.3) is 0 Å². The summed E-state index contributed by atoms with van der Waals surface area (Å²) in [6.45, 7) is 0.515. The van der Waals surface area contributed by atoms with Gasteiger partial charge in [-0.25, -0.2) is 4.79 Å². The molecule has 2 aromatic heterocycles. The van der Waals surface area contributed by atoms with Crippen LogP contribution in [-0.2, 0) is 11.3 Å². The lowest BCUT2D eigenvalue weighted by molar-refractivity contribution is 0.0589. The van der Waals surface area contributed by atoms with Crippen LogP contribution in [0, 0.1) is 11.3 Å². The van der Waals surface area contributed by atoms with Crippen LogP contribution in [-0.4, -0.2) is 17.6 Å². The van der Waals surface area contributed by atoms with Crippen molar-refractivity contribution in [3.05, 3.63) is 23.2 Å². The third-order valence-corrected chi connectivity index (χ3v) is 3.22. The van der Waals surface area contributed by atoms with Crippen molar-refractivity contribution in [2.45, 2.75) is 13.0 Å². The van der Waals surface area contributed by atoms with Crippen molar-refractivity contribution in [3.8, 4) is 6.07 Å². The van der Waals surface area contributed by atoms with Crippen LogP contribution in [0.5, 0.6) is 0 Å². The molecule has 2 heterocycles. The highest BCUT2D eigenvalue weighted by molar-refractivity contribution is 7.17. The predicted octanol–water partition coefficient (Wildman–Crippen LogP) is 2.40. The van der Waals surface area contributed by atoms with Gasteiger partial charge in [0.15, 0.2) is 0 Å². The zero-order valence-electron chi connectivity index (χ0n) is 8.77. The summed E-state index contributed by atoms with van der Waals surface area (Å²) in [4.78, 5) is 11.5. The molecule has 2 aromatic rings. The number of esters is 1. The first kappa shape index (κ1) is 10.7. The molecule has 0 atom stereocenters. The molecule has 0 aliphatic rings. The third-order valence-electron chi connectivity index (χ3n) is 2.36. The van der Waals surface area contributed by atoms with Crippen molar-refractivity contribution in [3.63, 3.8) is 0 Å². The van der Waals surface area contributed by atoms with Gasteiger partial charge in [-0.05, 0) is 17.5 Å². The predicted molar refractivity (Wildman–Crippen MR) is 61.4 cm³/mol. The van der Waals surface area contributed by atoms with Crippen LogP contribution in [0.3, 0.4) is 0 Å². The van der Waals surface area contributed by atoms with Gasteiger partial charge >= 0.3 is 5.97 Å². The number of thiophene rings is 1. The van der Waals surface area contributed by atoms with E-state index < -0.39 is 0 Å². The van der Waals surface area contributed by atoms with Gasteiger partial charge in [-0.2, -0.15) is 5.26 Å². The van der Waals surface area contributed by atoms with E-state index in [1.807, 2.05) is 22.1 Å². The molecule has 2 rings (SSSR count). The molecule has 0 unspecified atom stereocenters. The number of carbonyl (C=O) groups is 1. The van der Waals surface area contributed by atoms with Crippen molar-refractivity contribution in [1.29, 1.82) is 5.26 Å². The lowest BCUT2D eigenvalue weighted by Crippen LogP contribution is -2.10. The van der Waals surface area contributed by atoms with Crippen LogP contribution < -0.4 is 0 Å².